The van der Waals surface area contributed by atoms with Gasteiger partial charge in [0.05, 0.1) is 12.8 Å². The van der Waals surface area contributed by atoms with Crippen molar-refractivity contribution < 1.29 is 9.53 Å². The third-order valence-corrected chi connectivity index (χ3v) is 3.21. The van der Waals surface area contributed by atoms with Crippen LogP contribution in [-0.2, 0) is 15.1 Å². The first-order valence-electron chi connectivity index (χ1n) is 5.92. The van der Waals surface area contributed by atoms with E-state index in [-0.39, 0.29) is 5.97 Å². The van der Waals surface area contributed by atoms with E-state index in [4.69, 9.17) is 4.74 Å². The SMILES string of the molecule is COC(=O)C(C)(NCC1CC1)c1ccccn1. The molecule has 0 aliphatic heterocycles. The molecule has 0 saturated heterocycles. The molecule has 1 N–H and O–H groups in total. The van der Waals surface area contributed by atoms with E-state index in [1.54, 1.807) is 6.20 Å². The van der Waals surface area contributed by atoms with Gasteiger partial charge in [0.25, 0.3) is 0 Å². The molecule has 1 fully saturated rings. The Labute approximate surface area is 101 Å². The predicted octanol–water partition coefficient (Wildman–Crippen LogP) is 1.47. The van der Waals surface area contributed by atoms with Crippen LogP contribution in [0, 0.1) is 5.92 Å². The summed E-state index contributed by atoms with van der Waals surface area (Å²) >= 11 is 0. The van der Waals surface area contributed by atoms with Gasteiger partial charge < -0.3 is 4.74 Å². The summed E-state index contributed by atoms with van der Waals surface area (Å²) in [7, 11) is 1.41. The first-order valence-corrected chi connectivity index (χ1v) is 5.92. The van der Waals surface area contributed by atoms with Crippen LogP contribution in [0.5, 0.6) is 0 Å². The van der Waals surface area contributed by atoms with Crippen LogP contribution in [0.2, 0.25) is 0 Å². The lowest BCUT2D eigenvalue weighted by Crippen LogP contribution is -2.48. The van der Waals surface area contributed by atoms with E-state index in [1.165, 1.54) is 20.0 Å². The van der Waals surface area contributed by atoms with Crippen molar-refractivity contribution in [2.45, 2.75) is 25.3 Å². The number of methoxy groups -OCH3 is 1. The molecule has 1 aliphatic rings. The maximum absolute atomic E-state index is 11.9. The highest BCUT2D eigenvalue weighted by atomic mass is 16.5. The number of nitrogens with zero attached hydrogens (tertiary/aromatic N) is 1. The van der Waals surface area contributed by atoms with E-state index in [1.807, 2.05) is 25.1 Å². The molecule has 0 radical (unpaired) electrons. The zero-order valence-corrected chi connectivity index (χ0v) is 10.3. The number of aromatic nitrogens is 1. The smallest absolute Gasteiger partial charge is 0.332 e. The van der Waals surface area contributed by atoms with Crippen molar-refractivity contribution in [3.05, 3.63) is 30.1 Å². The van der Waals surface area contributed by atoms with E-state index in [0.717, 1.165) is 6.54 Å². The van der Waals surface area contributed by atoms with Crippen LogP contribution < -0.4 is 5.32 Å². The number of pyridine rings is 1. The van der Waals surface area contributed by atoms with Crippen molar-refractivity contribution in [3.63, 3.8) is 0 Å². The number of carbonyl (C=O) groups is 1. The maximum atomic E-state index is 11.9. The van der Waals surface area contributed by atoms with Gasteiger partial charge in [-0.25, -0.2) is 4.79 Å². The van der Waals surface area contributed by atoms with Crippen LogP contribution in [0.15, 0.2) is 24.4 Å². The minimum atomic E-state index is -0.849. The van der Waals surface area contributed by atoms with Crippen LogP contribution in [0.1, 0.15) is 25.5 Å². The highest BCUT2D eigenvalue weighted by Gasteiger charge is 2.38. The lowest BCUT2D eigenvalue weighted by Gasteiger charge is -2.27. The number of hydrogen-bond acceptors (Lipinski definition) is 4. The number of carbonyl (C=O) groups excluding carboxylic acids is 1. The van der Waals surface area contributed by atoms with E-state index in [9.17, 15) is 4.79 Å². The first-order chi connectivity index (χ1) is 8.16. The Hall–Kier alpha value is -1.42. The molecule has 17 heavy (non-hydrogen) atoms. The second-order valence-corrected chi connectivity index (χ2v) is 4.66. The zero-order valence-electron chi connectivity index (χ0n) is 10.3. The molecule has 1 saturated carbocycles. The number of hydrogen-bond donors (Lipinski definition) is 1. The second kappa shape index (κ2) is 4.84. The molecule has 4 heteroatoms. The summed E-state index contributed by atoms with van der Waals surface area (Å²) in [5.41, 5.74) is -0.147. The largest absolute Gasteiger partial charge is 0.467 e. The van der Waals surface area contributed by atoms with Gasteiger partial charge in [-0.1, -0.05) is 6.07 Å². The molecule has 92 valence electrons. The van der Waals surface area contributed by atoms with Gasteiger partial charge in [0.2, 0.25) is 0 Å². The second-order valence-electron chi connectivity index (χ2n) is 4.66. The van der Waals surface area contributed by atoms with Crippen molar-refractivity contribution in [3.8, 4) is 0 Å². The zero-order chi connectivity index (χ0) is 12.3. The molecule has 1 heterocycles. The van der Waals surface area contributed by atoms with Crippen molar-refractivity contribution >= 4 is 5.97 Å². The highest BCUT2D eigenvalue weighted by Crippen LogP contribution is 2.30. The number of nitrogens with one attached hydrogen (secondary N) is 1. The Morgan fingerprint density at radius 3 is 2.88 bits per heavy atom. The van der Waals surface area contributed by atoms with Crippen LogP contribution in [-0.4, -0.2) is 24.6 Å². The van der Waals surface area contributed by atoms with Crippen molar-refractivity contribution in [2.75, 3.05) is 13.7 Å². The van der Waals surface area contributed by atoms with Crippen molar-refractivity contribution in [2.24, 2.45) is 5.92 Å². The standard InChI is InChI=1S/C13H18N2O2/c1-13(12(16)17-2,15-9-10-6-7-10)11-5-3-4-8-14-11/h3-5,8,10,15H,6-7,9H2,1-2H3. The van der Waals surface area contributed by atoms with Crippen molar-refractivity contribution in [1.29, 1.82) is 0 Å². The third-order valence-electron chi connectivity index (χ3n) is 3.21. The molecule has 0 aromatic carbocycles. The summed E-state index contributed by atoms with van der Waals surface area (Å²) in [6.45, 7) is 2.66. The lowest BCUT2D eigenvalue weighted by molar-refractivity contribution is -0.148. The van der Waals surface area contributed by atoms with Crippen LogP contribution in [0.4, 0.5) is 0 Å². The average molecular weight is 234 g/mol. The monoisotopic (exact) mass is 234 g/mol. The Morgan fingerprint density at radius 1 is 1.59 bits per heavy atom. The Bertz CT molecular complexity index is 390. The molecule has 4 nitrogen and oxygen atoms in total. The first kappa shape index (κ1) is 12.0. The quantitative estimate of drug-likeness (QED) is 0.784. The number of rotatable bonds is 5. The van der Waals surface area contributed by atoms with E-state index < -0.39 is 5.54 Å². The van der Waals surface area contributed by atoms with E-state index >= 15 is 0 Å². The topological polar surface area (TPSA) is 51.2 Å². The summed E-state index contributed by atoms with van der Waals surface area (Å²) in [6.07, 6.45) is 4.17. The van der Waals surface area contributed by atoms with Crippen LogP contribution >= 0.6 is 0 Å². The van der Waals surface area contributed by atoms with Crippen LogP contribution in [0.3, 0.4) is 0 Å². The molecule has 1 aromatic rings. The molecule has 1 unspecified atom stereocenters. The summed E-state index contributed by atoms with van der Waals surface area (Å²) in [4.78, 5) is 16.2. The summed E-state index contributed by atoms with van der Waals surface area (Å²) in [6, 6.07) is 5.56. The fraction of sp³-hybridized carbons (Fsp3) is 0.538. The van der Waals surface area contributed by atoms with E-state index in [2.05, 4.69) is 10.3 Å². The number of ether oxygens (including phenoxy) is 1. The number of esters is 1. The third kappa shape index (κ3) is 2.64. The molecule has 2 rings (SSSR count). The molecule has 1 aromatic heterocycles. The summed E-state index contributed by atoms with van der Waals surface area (Å²) in [5.74, 6) is 0.402. The average Bonchev–Trinajstić information content (AvgIpc) is 3.20. The van der Waals surface area contributed by atoms with Gasteiger partial charge in [-0.3, -0.25) is 10.3 Å². The Kier molecular flexibility index (Phi) is 3.43. The van der Waals surface area contributed by atoms with Gasteiger partial charge in [0, 0.05) is 6.20 Å². The molecule has 1 aliphatic carbocycles. The summed E-state index contributed by atoms with van der Waals surface area (Å²) < 4.78 is 4.88. The normalized spacial score (nSPS) is 18.5. The van der Waals surface area contributed by atoms with Gasteiger partial charge in [-0.2, -0.15) is 0 Å². The molecule has 0 spiro atoms. The molecule has 0 bridgehead atoms. The fourth-order valence-corrected chi connectivity index (χ4v) is 1.80. The van der Waals surface area contributed by atoms with Gasteiger partial charge in [-0.05, 0) is 44.4 Å². The Morgan fingerprint density at radius 2 is 2.35 bits per heavy atom. The van der Waals surface area contributed by atoms with Crippen LogP contribution in [0.25, 0.3) is 0 Å². The molecular weight excluding hydrogens is 216 g/mol. The fourth-order valence-electron chi connectivity index (χ4n) is 1.80. The molecular formula is C13H18N2O2. The molecule has 0 amide bonds. The summed E-state index contributed by atoms with van der Waals surface area (Å²) in [5, 5.41) is 3.29. The molecule has 1 atom stereocenters. The minimum absolute atomic E-state index is 0.295. The highest BCUT2D eigenvalue weighted by molar-refractivity contribution is 5.81. The lowest BCUT2D eigenvalue weighted by atomic mass is 9.97. The van der Waals surface area contributed by atoms with Crippen molar-refractivity contribution in [1.82, 2.24) is 10.3 Å². The van der Waals surface area contributed by atoms with Gasteiger partial charge in [0.1, 0.15) is 0 Å². The maximum Gasteiger partial charge on any atom is 0.332 e. The minimum Gasteiger partial charge on any atom is -0.467 e. The van der Waals surface area contributed by atoms with Gasteiger partial charge in [-0.15, -0.1) is 0 Å². The van der Waals surface area contributed by atoms with Gasteiger partial charge in [0.15, 0.2) is 5.54 Å². The predicted molar refractivity (Wildman–Crippen MR) is 64.3 cm³/mol. The Balaban J connectivity index is 2.18. The van der Waals surface area contributed by atoms with Gasteiger partial charge >= 0.3 is 5.97 Å². The van der Waals surface area contributed by atoms with E-state index in [0.29, 0.717) is 11.6 Å².